The van der Waals surface area contributed by atoms with Crippen LogP contribution in [0.1, 0.15) is 29.7 Å². The van der Waals surface area contributed by atoms with E-state index < -0.39 is 30.6 Å². The first-order chi connectivity index (χ1) is 12.9. The molecule has 3 aromatic rings. The molecule has 0 saturated carbocycles. The molecule has 1 aliphatic heterocycles. The van der Waals surface area contributed by atoms with Crippen LogP contribution in [0.25, 0.3) is 10.9 Å². The zero-order valence-corrected chi connectivity index (χ0v) is 15.9. The molecule has 0 spiro atoms. The number of alkyl halides is 2. The quantitative estimate of drug-likeness (QED) is 0.566. The number of rotatable bonds is 3. The van der Waals surface area contributed by atoms with Crippen molar-refractivity contribution in [1.29, 1.82) is 0 Å². The first-order valence-corrected chi connectivity index (χ1v) is 9.29. The highest BCUT2D eigenvalue weighted by Crippen LogP contribution is 2.42. The number of fused-ring (bicyclic) bond motifs is 3. The minimum atomic E-state index is -2.62. The van der Waals surface area contributed by atoms with Crippen molar-refractivity contribution < 1.29 is 17.6 Å². The molecule has 2 aromatic carbocycles. The van der Waals surface area contributed by atoms with Crippen LogP contribution in [-0.4, -0.2) is 34.1 Å². The highest BCUT2D eigenvalue weighted by Gasteiger charge is 2.38. The van der Waals surface area contributed by atoms with Gasteiger partial charge in [-0.15, -0.1) is 0 Å². The third-order valence-electron chi connectivity index (χ3n) is 5.13. The van der Waals surface area contributed by atoms with Crippen molar-refractivity contribution in [2.45, 2.75) is 31.9 Å². The molecule has 4 rings (SSSR count). The van der Waals surface area contributed by atoms with Crippen molar-refractivity contribution in [1.82, 2.24) is 15.1 Å². The average molecular weight is 442 g/mol. The second kappa shape index (κ2) is 6.91. The second-order valence-electron chi connectivity index (χ2n) is 6.79. The Hall–Kier alpha value is -1.93. The van der Waals surface area contributed by atoms with Crippen LogP contribution in [0.2, 0.25) is 0 Å². The third-order valence-corrected chi connectivity index (χ3v) is 5.59. The summed E-state index contributed by atoms with van der Waals surface area (Å²) in [6, 6.07) is 4.57. The van der Waals surface area contributed by atoms with E-state index in [9.17, 15) is 17.6 Å². The van der Waals surface area contributed by atoms with Crippen LogP contribution in [0.3, 0.4) is 0 Å². The van der Waals surface area contributed by atoms with Gasteiger partial charge in [0.05, 0.1) is 24.3 Å². The van der Waals surface area contributed by atoms with E-state index >= 15 is 0 Å². The summed E-state index contributed by atoms with van der Waals surface area (Å²) in [5, 5.41) is 7.75. The standard InChI is InChI=1S/C19H16BrF4N3/c1-9-4-12-11(2-3-16-13(12)7-25-26-16)19(27(9)8-17(23)24)18-14(21)5-10(20)6-15(18)22/h2-3,5-7,9,17,19H,4,8H2,1H3,(H,25,26)/t9-,19+/m1/s1. The minimum Gasteiger partial charge on any atom is -0.283 e. The highest BCUT2D eigenvalue weighted by atomic mass is 79.9. The molecule has 0 amide bonds. The molecule has 1 aromatic heterocycles. The maximum absolute atomic E-state index is 14.8. The number of aromatic nitrogens is 2. The number of benzene rings is 2. The summed E-state index contributed by atoms with van der Waals surface area (Å²) in [5.41, 5.74) is 2.10. The van der Waals surface area contributed by atoms with Gasteiger partial charge in [-0.3, -0.25) is 10.00 Å². The van der Waals surface area contributed by atoms with Gasteiger partial charge < -0.3 is 0 Å². The lowest BCUT2D eigenvalue weighted by atomic mass is 9.83. The molecule has 2 atom stereocenters. The first kappa shape index (κ1) is 18.4. The average Bonchev–Trinajstić information content (AvgIpc) is 3.05. The molecule has 3 nitrogen and oxygen atoms in total. The predicted molar refractivity (Wildman–Crippen MR) is 97.9 cm³/mol. The van der Waals surface area contributed by atoms with Crippen LogP contribution < -0.4 is 0 Å². The van der Waals surface area contributed by atoms with Crippen molar-refractivity contribution in [3.05, 3.63) is 63.3 Å². The molecule has 0 fully saturated rings. The van der Waals surface area contributed by atoms with Gasteiger partial charge in [-0.25, -0.2) is 17.6 Å². The monoisotopic (exact) mass is 441 g/mol. The van der Waals surface area contributed by atoms with Crippen LogP contribution in [0.4, 0.5) is 17.6 Å². The van der Waals surface area contributed by atoms with Gasteiger partial charge in [0.2, 0.25) is 0 Å². The van der Waals surface area contributed by atoms with E-state index in [2.05, 4.69) is 26.1 Å². The molecule has 0 aliphatic carbocycles. The van der Waals surface area contributed by atoms with E-state index in [1.807, 2.05) is 0 Å². The Morgan fingerprint density at radius 3 is 2.63 bits per heavy atom. The van der Waals surface area contributed by atoms with Crippen LogP contribution in [0, 0.1) is 11.6 Å². The largest absolute Gasteiger partial charge is 0.283 e. The Morgan fingerprint density at radius 1 is 1.26 bits per heavy atom. The minimum absolute atomic E-state index is 0.213. The van der Waals surface area contributed by atoms with Crippen molar-refractivity contribution in [2.75, 3.05) is 6.54 Å². The normalized spacial score (nSPS) is 20.4. The number of halogens is 5. The van der Waals surface area contributed by atoms with Gasteiger partial charge in [-0.2, -0.15) is 5.10 Å². The SMILES string of the molecule is C[C@@H]1Cc2c(ccc3[nH]ncc23)[C@@H](c2c(F)cc(Br)cc2F)N1CC(F)F. The zero-order chi connectivity index (χ0) is 19.3. The lowest BCUT2D eigenvalue weighted by molar-refractivity contribution is 0.0447. The Bertz CT molecular complexity index is 981. The zero-order valence-electron chi connectivity index (χ0n) is 14.3. The lowest BCUT2D eigenvalue weighted by Gasteiger charge is -2.42. The molecule has 0 saturated heterocycles. The van der Waals surface area contributed by atoms with Crippen molar-refractivity contribution >= 4 is 26.8 Å². The van der Waals surface area contributed by atoms with E-state index in [1.54, 1.807) is 25.3 Å². The van der Waals surface area contributed by atoms with Gasteiger partial charge in [0.15, 0.2) is 0 Å². The maximum atomic E-state index is 14.8. The van der Waals surface area contributed by atoms with Crippen LogP contribution >= 0.6 is 15.9 Å². The maximum Gasteiger partial charge on any atom is 0.251 e. The predicted octanol–water partition coefficient (Wildman–Crippen LogP) is 5.20. The molecule has 1 aliphatic rings. The molecule has 2 heterocycles. The number of nitrogens with zero attached hydrogens (tertiary/aromatic N) is 2. The molecule has 142 valence electrons. The Balaban J connectivity index is 1.97. The summed E-state index contributed by atoms with van der Waals surface area (Å²) >= 11 is 3.07. The Labute approximate surface area is 161 Å². The van der Waals surface area contributed by atoms with Crippen LogP contribution in [0.15, 0.2) is 34.9 Å². The summed E-state index contributed by atoms with van der Waals surface area (Å²) < 4.78 is 56.4. The van der Waals surface area contributed by atoms with Crippen molar-refractivity contribution in [3.8, 4) is 0 Å². The van der Waals surface area contributed by atoms with Gasteiger partial charge in [0.25, 0.3) is 6.43 Å². The third kappa shape index (κ3) is 3.14. The van der Waals surface area contributed by atoms with Gasteiger partial charge in [-0.05, 0) is 42.7 Å². The number of H-pyrrole nitrogens is 1. The Kier molecular flexibility index (Phi) is 4.71. The summed E-state index contributed by atoms with van der Waals surface area (Å²) in [6.45, 7) is 1.23. The molecule has 0 bridgehead atoms. The highest BCUT2D eigenvalue weighted by molar-refractivity contribution is 9.10. The molecule has 0 unspecified atom stereocenters. The fraction of sp³-hybridized carbons (Fsp3) is 0.316. The van der Waals surface area contributed by atoms with E-state index in [0.29, 0.717) is 12.0 Å². The van der Waals surface area contributed by atoms with Crippen molar-refractivity contribution in [3.63, 3.8) is 0 Å². The summed E-state index contributed by atoms with van der Waals surface area (Å²) in [4.78, 5) is 1.48. The fourth-order valence-corrected chi connectivity index (χ4v) is 4.41. The molecule has 27 heavy (non-hydrogen) atoms. The van der Waals surface area contributed by atoms with E-state index in [1.165, 1.54) is 4.90 Å². The lowest BCUT2D eigenvalue weighted by Crippen LogP contribution is -2.45. The summed E-state index contributed by atoms with van der Waals surface area (Å²) in [7, 11) is 0. The molecule has 0 radical (unpaired) electrons. The van der Waals surface area contributed by atoms with E-state index in [-0.39, 0.29) is 16.1 Å². The van der Waals surface area contributed by atoms with Crippen LogP contribution in [-0.2, 0) is 6.42 Å². The number of hydrogen-bond acceptors (Lipinski definition) is 2. The van der Waals surface area contributed by atoms with Gasteiger partial charge in [0.1, 0.15) is 11.6 Å². The molecule has 1 N–H and O–H groups in total. The Morgan fingerprint density at radius 2 is 1.96 bits per heavy atom. The summed E-state index contributed by atoms with van der Waals surface area (Å²) in [6.07, 6.45) is -0.458. The molecular formula is C19H16BrF4N3. The molecule has 8 heteroatoms. The fourth-order valence-electron chi connectivity index (χ4n) is 4.00. The summed E-state index contributed by atoms with van der Waals surface area (Å²) in [5.74, 6) is -1.53. The second-order valence-corrected chi connectivity index (χ2v) is 7.71. The number of aromatic amines is 1. The van der Waals surface area contributed by atoms with Crippen LogP contribution in [0.5, 0.6) is 0 Å². The topological polar surface area (TPSA) is 31.9 Å². The smallest absolute Gasteiger partial charge is 0.251 e. The molecular weight excluding hydrogens is 426 g/mol. The van der Waals surface area contributed by atoms with Gasteiger partial charge in [0, 0.05) is 21.5 Å². The first-order valence-electron chi connectivity index (χ1n) is 8.50. The van der Waals surface area contributed by atoms with Gasteiger partial charge >= 0.3 is 0 Å². The van der Waals surface area contributed by atoms with E-state index in [0.717, 1.165) is 28.6 Å². The number of hydrogen-bond donors (Lipinski definition) is 1. The number of nitrogens with one attached hydrogen (secondary N) is 1. The van der Waals surface area contributed by atoms with E-state index in [4.69, 9.17) is 0 Å². The van der Waals surface area contributed by atoms with Crippen molar-refractivity contribution in [2.24, 2.45) is 0 Å². The van der Waals surface area contributed by atoms with Gasteiger partial charge in [-0.1, -0.05) is 22.0 Å².